The van der Waals surface area contributed by atoms with Crippen LogP contribution in [-0.4, -0.2) is 50.4 Å². The Morgan fingerprint density at radius 1 is 1.11 bits per heavy atom. The van der Waals surface area contributed by atoms with Gasteiger partial charge in [0.1, 0.15) is 18.0 Å². The van der Waals surface area contributed by atoms with Gasteiger partial charge in [-0.15, -0.1) is 16.8 Å². The molecule has 1 fully saturated rings. The van der Waals surface area contributed by atoms with Crippen LogP contribution in [0.5, 0.6) is 0 Å². The molecular weight excluding hydrogens is 489 g/mol. The Bertz CT molecular complexity index is 1330. The normalized spacial score (nSPS) is 19.2. The molecule has 5 rings (SSSR count). The van der Waals surface area contributed by atoms with Crippen LogP contribution in [0.2, 0.25) is 0 Å². The van der Waals surface area contributed by atoms with Crippen LogP contribution in [-0.2, 0) is 7.05 Å². The molecule has 0 aliphatic carbocycles. The molecule has 1 atom stereocenters. The van der Waals surface area contributed by atoms with E-state index in [0.717, 1.165) is 48.6 Å². The van der Waals surface area contributed by atoms with Gasteiger partial charge in [0.05, 0.1) is 11.3 Å². The number of piperidine rings is 1. The van der Waals surface area contributed by atoms with Crippen molar-refractivity contribution in [3.8, 4) is 0 Å². The number of benzene rings is 1. The average molecular weight is 523 g/mol. The lowest BCUT2D eigenvalue weighted by molar-refractivity contribution is -0.0909. The monoisotopic (exact) mass is 522 g/mol. The fourth-order valence-corrected chi connectivity index (χ4v) is 5.44. The first-order valence-corrected chi connectivity index (χ1v) is 12.9. The molecule has 9 heteroatoms. The largest absolute Gasteiger partial charge is 0.418 e. The molecule has 200 valence electrons. The summed E-state index contributed by atoms with van der Waals surface area (Å²) in [5, 5.41) is 8.35. The third-order valence-corrected chi connectivity index (χ3v) is 7.29. The van der Waals surface area contributed by atoms with E-state index in [9.17, 15) is 13.2 Å². The standard InChI is InChI=1S/C29H33F3N6/c1-20(2)13-25(28-34-33-19-35(28)4)23-9-8-10-24(15-23)37-18-27-26(29(30,31)32)14-22(17-38(27)21(37)3)16-36-11-6-5-7-12-36/h8-10,14-15,17-19,25H,1,3,5-7,11-13,16H2,2,4H3/t25-/m0/s1. The van der Waals surface area contributed by atoms with E-state index in [1.54, 1.807) is 22.3 Å². The Morgan fingerprint density at radius 2 is 1.87 bits per heavy atom. The summed E-state index contributed by atoms with van der Waals surface area (Å²) >= 11 is 0. The quantitative estimate of drug-likeness (QED) is 0.404. The summed E-state index contributed by atoms with van der Waals surface area (Å²) in [7, 11) is 1.90. The van der Waals surface area contributed by atoms with Gasteiger partial charge in [-0.05, 0) is 68.6 Å². The number of fused-ring (bicyclic) bond motifs is 1. The topological polar surface area (TPSA) is 40.4 Å². The van der Waals surface area contributed by atoms with E-state index in [2.05, 4.69) is 28.3 Å². The van der Waals surface area contributed by atoms with Crippen LogP contribution in [0.4, 0.5) is 18.9 Å². The Kier molecular flexibility index (Phi) is 7.05. The van der Waals surface area contributed by atoms with Crippen molar-refractivity contribution in [2.24, 2.45) is 7.05 Å². The molecule has 0 saturated carbocycles. The maximum atomic E-state index is 14.2. The van der Waals surface area contributed by atoms with Gasteiger partial charge in [-0.25, -0.2) is 0 Å². The van der Waals surface area contributed by atoms with Crippen LogP contribution in [0.15, 0.2) is 90.5 Å². The molecule has 0 N–H and O–H groups in total. The van der Waals surface area contributed by atoms with Gasteiger partial charge < -0.3 is 14.4 Å². The number of rotatable bonds is 7. The first-order valence-electron chi connectivity index (χ1n) is 12.9. The second-order valence-electron chi connectivity index (χ2n) is 10.4. The molecule has 4 heterocycles. The number of likely N-dealkylation sites (tertiary alicyclic amines) is 1. The molecule has 38 heavy (non-hydrogen) atoms. The molecule has 0 bridgehead atoms. The number of hydrogen-bond donors (Lipinski definition) is 0. The Balaban J connectivity index is 1.48. The third kappa shape index (κ3) is 5.20. The average Bonchev–Trinajstić information content (AvgIpc) is 3.45. The number of allylic oxidation sites excluding steroid dienone is 2. The van der Waals surface area contributed by atoms with Crippen LogP contribution >= 0.6 is 0 Å². The first-order chi connectivity index (χ1) is 18.1. The predicted molar refractivity (Wildman–Crippen MR) is 143 cm³/mol. The molecule has 1 aromatic heterocycles. The second-order valence-corrected chi connectivity index (χ2v) is 10.4. The molecule has 6 nitrogen and oxygen atoms in total. The van der Waals surface area contributed by atoms with Crippen molar-refractivity contribution in [1.29, 1.82) is 0 Å². The first kappa shape index (κ1) is 26.0. The zero-order valence-corrected chi connectivity index (χ0v) is 21.9. The molecular formula is C29H33F3N6. The van der Waals surface area contributed by atoms with E-state index in [4.69, 9.17) is 0 Å². The molecule has 3 aliphatic heterocycles. The lowest BCUT2D eigenvalue weighted by Crippen LogP contribution is -2.33. The van der Waals surface area contributed by atoms with Crippen LogP contribution in [0, 0.1) is 0 Å². The maximum Gasteiger partial charge on any atom is 0.418 e. The summed E-state index contributed by atoms with van der Waals surface area (Å²) in [5.74, 6) is 1.17. The molecule has 0 unspecified atom stereocenters. The summed E-state index contributed by atoms with van der Waals surface area (Å²) in [5.41, 5.74) is 2.78. The lowest BCUT2D eigenvalue weighted by atomic mass is 9.91. The van der Waals surface area contributed by atoms with Crippen molar-refractivity contribution in [1.82, 2.24) is 24.6 Å². The van der Waals surface area contributed by atoms with E-state index >= 15 is 0 Å². The van der Waals surface area contributed by atoms with Gasteiger partial charge in [-0.2, -0.15) is 13.2 Å². The highest BCUT2D eigenvalue weighted by molar-refractivity contribution is 5.64. The van der Waals surface area contributed by atoms with Crippen LogP contribution in [0.3, 0.4) is 0 Å². The molecule has 2 aromatic rings. The van der Waals surface area contributed by atoms with Crippen LogP contribution in [0.25, 0.3) is 0 Å². The number of nitrogens with zero attached hydrogens (tertiary/aromatic N) is 6. The highest BCUT2D eigenvalue weighted by Gasteiger charge is 2.43. The molecule has 0 spiro atoms. The number of anilines is 1. The smallest absolute Gasteiger partial charge is 0.320 e. The van der Waals surface area contributed by atoms with Gasteiger partial charge in [-0.3, -0.25) is 4.90 Å². The van der Waals surface area contributed by atoms with Gasteiger partial charge in [-0.1, -0.05) is 30.7 Å². The number of alkyl halides is 3. The fraction of sp³-hybridized carbons (Fsp3) is 0.379. The molecule has 1 saturated heterocycles. The minimum absolute atomic E-state index is 0.0853. The zero-order valence-electron chi connectivity index (χ0n) is 21.9. The van der Waals surface area contributed by atoms with Gasteiger partial charge in [0, 0.05) is 37.6 Å². The van der Waals surface area contributed by atoms with E-state index in [-0.39, 0.29) is 11.6 Å². The number of aryl methyl sites for hydroxylation is 1. The highest BCUT2D eigenvalue weighted by Crippen LogP contribution is 2.44. The lowest BCUT2D eigenvalue weighted by Gasteiger charge is -2.31. The summed E-state index contributed by atoms with van der Waals surface area (Å²) in [6, 6.07) is 7.78. The summed E-state index contributed by atoms with van der Waals surface area (Å²) in [6.45, 7) is 12.5. The van der Waals surface area contributed by atoms with Crippen molar-refractivity contribution in [2.45, 2.75) is 44.7 Å². The van der Waals surface area contributed by atoms with Gasteiger partial charge >= 0.3 is 6.18 Å². The second kappa shape index (κ2) is 10.3. The molecule has 1 aromatic carbocycles. The summed E-state index contributed by atoms with van der Waals surface area (Å²) < 4.78 is 44.6. The Morgan fingerprint density at radius 3 is 2.53 bits per heavy atom. The molecule has 0 amide bonds. The van der Waals surface area contributed by atoms with Gasteiger partial charge in [0.2, 0.25) is 0 Å². The van der Waals surface area contributed by atoms with Gasteiger partial charge in [0.25, 0.3) is 0 Å². The van der Waals surface area contributed by atoms with Crippen molar-refractivity contribution in [3.63, 3.8) is 0 Å². The minimum atomic E-state index is -4.48. The van der Waals surface area contributed by atoms with E-state index in [0.29, 0.717) is 24.4 Å². The van der Waals surface area contributed by atoms with Crippen molar-refractivity contribution in [3.05, 3.63) is 102 Å². The maximum absolute atomic E-state index is 14.2. The number of aromatic nitrogens is 3. The Hall–Kier alpha value is -3.59. The fourth-order valence-electron chi connectivity index (χ4n) is 5.44. The van der Waals surface area contributed by atoms with E-state index in [1.165, 1.54) is 18.7 Å². The van der Waals surface area contributed by atoms with E-state index < -0.39 is 11.7 Å². The predicted octanol–water partition coefficient (Wildman–Crippen LogP) is 6.22. The summed E-state index contributed by atoms with van der Waals surface area (Å²) in [6.07, 6.45) is 5.80. The molecule has 3 aliphatic rings. The minimum Gasteiger partial charge on any atom is -0.320 e. The van der Waals surface area contributed by atoms with Crippen molar-refractivity contribution in [2.75, 3.05) is 24.5 Å². The van der Waals surface area contributed by atoms with Crippen LogP contribution < -0.4 is 4.90 Å². The van der Waals surface area contributed by atoms with Crippen LogP contribution in [0.1, 0.15) is 49.9 Å². The van der Waals surface area contributed by atoms with Crippen molar-refractivity contribution >= 4 is 5.69 Å². The third-order valence-electron chi connectivity index (χ3n) is 7.29. The SMILES string of the molecule is C=C(C)C[C@@H](c1cccc(N2C=C3C(C(F)(F)F)=CC(CN4CCCCC4)=CN3C2=C)c1)c1nncn1C. The summed E-state index contributed by atoms with van der Waals surface area (Å²) in [4.78, 5) is 5.53. The van der Waals surface area contributed by atoms with Gasteiger partial charge in [0.15, 0.2) is 0 Å². The van der Waals surface area contributed by atoms with Crippen molar-refractivity contribution < 1.29 is 13.2 Å². The number of hydrogen-bond acceptors (Lipinski definition) is 5. The highest BCUT2D eigenvalue weighted by atomic mass is 19.4. The number of halogens is 3. The zero-order chi connectivity index (χ0) is 27.0. The molecule has 0 radical (unpaired) electrons. The Labute approximate surface area is 221 Å². The van der Waals surface area contributed by atoms with E-state index in [1.807, 2.05) is 42.8 Å².